The van der Waals surface area contributed by atoms with Crippen LogP contribution in [0.15, 0.2) is 0 Å². The van der Waals surface area contributed by atoms with Gasteiger partial charge in [-0.05, 0) is 12.2 Å². The van der Waals surface area contributed by atoms with Crippen molar-refractivity contribution in [3.05, 3.63) is 0 Å². The van der Waals surface area contributed by atoms with Gasteiger partial charge in [0.15, 0.2) is 0 Å². The second kappa shape index (κ2) is 9.00. The molecule has 0 radical (unpaired) electrons. The average Bonchev–Trinajstić information content (AvgIpc) is 2.21. The fraction of sp³-hybridized carbons (Fsp3) is 0.900. The van der Waals surface area contributed by atoms with Crippen LogP contribution in [0.3, 0.4) is 0 Å². The topological polar surface area (TPSA) is 58.6 Å². The first-order valence-corrected chi connectivity index (χ1v) is 6.29. The van der Waals surface area contributed by atoms with E-state index in [0.29, 0.717) is 5.75 Å². The highest BCUT2D eigenvalue weighted by Gasteiger charge is 2.19. The summed E-state index contributed by atoms with van der Waals surface area (Å²) in [6.07, 6.45) is 0.764. The van der Waals surface area contributed by atoms with E-state index in [9.17, 15) is 4.79 Å². The number of methoxy groups -OCH3 is 1. The van der Waals surface area contributed by atoms with Gasteiger partial charge in [0.25, 0.3) is 0 Å². The molecule has 0 aromatic heterocycles. The predicted octanol–water partition coefficient (Wildman–Crippen LogP) is 0.642. The van der Waals surface area contributed by atoms with E-state index >= 15 is 0 Å². The Morgan fingerprint density at radius 1 is 1.53 bits per heavy atom. The van der Waals surface area contributed by atoms with Crippen molar-refractivity contribution in [3.8, 4) is 0 Å². The molecule has 1 atom stereocenters. The predicted molar refractivity (Wildman–Crippen MR) is 63.1 cm³/mol. The van der Waals surface area contributed by atoms with Crippen molar-refractivity contribution in [1.82, 2.24) is 5.32 Å². The molecule has 2 N–H and O–H groups in total. The monoisotopic (exact) mass is 235 g/mol. The zero-order chi connectivity index (χ0) is 11.7. The van der Waals surface area contributed by atoms with Gasteiger partial charge in [-0.25, -0.2) is 0 Å². The largest absolute Gasteiger partial charge is 0.468 e. The van der Waals surface area contributed by atoms with Gasteiger partial charge in [-0.3, -0.25) is 4.79 Å². The van der Waals surface area contributed by atoms with Crippen molar-refractivity contribution in [3.63, 3.8) is 0 Å². The summed E-state index contributed by atoms with van der Waals surface area (Å²) in [5, 5.41) is 11.8. The number of esters is 1. The van der Waals surface area contributed by atoms with Crippen LogP contribution in [-0.4, -0.2) is 48.4 Å². The van der Waals surface area contributed by atoms with Crippen LogP contribution in [0.25, 0.3) is 0 Å². The van der Waals surface area contributed by atoms with E-state index in [2.05, 4.69) is 5.32 Å². The Hall–Kier alpha value is -0.260. The number of aliphatic hydroxyl groups is 1. The number of carbonyl (C=O) groups excluding carboxylic acids is 1. The lowest BCUT2D eigenvalue weighted by Gasteiger charge is -2.18. The molecule has 0 aromatic rings. The molecule has 0 saturated carbocycles. The Balaban J connectivity index is 3.85. The van der Waals surface area contributed by atoms with Gasteiger partial charge in [0.05, 0.1) is 7.11 Å². The van der Waals surface area contributed by atoms with E-state index in [0.717, 1.165) is 12.2 Å². The number of carbonyl (C=O) groups is 1. The molecule has 0 heterocycles. The third-order valence-electron chi connectivity index (χ3n) is 1.75. The van der Waals surface area contributed by atoms with Gasteiger partial charge >= 0.3 is 5.97 Å². The number of ether oxygens (including phenoxy) is 1. The SMILES string of the molecule is COC(=O)C(CSCCCO)NC(C)C. The van der Waals surface area contributed by atoms with Crippen LogP contribution in [0.2, 0.25) is 0 Å². The fourth-order valence-electron chi connectivity index (χ4n) is 1.10. The maximum absolute atomic E-state index is 11.4. The van der Waals surface area contributed by atoms with Crippen LogP contribution >= 0.6 is 11.8 Å². The van der Waals surface area contributed by atoms with E-state index in [1.807, 2.05) is 13.8 Å². The summed E-state index contributed by atoms with van der Waals surface area (Å²) < 4.78 is 4.71. The minimum atomic E-state index is -0.251. The lowest BCUT2D eigenvalue weighted by Crippen LogP contribution is -2.43. The Morgan fingerprint density at radius 3 is 2.67 bits per heavy atom. The molecule has 0 amide bonds. The lowest BCUT2D eigenvalue weighted by molar-refractivity contribution is -0.142. The van der Waals surface area contributed by atoms with Crippen LogP contribution in [-0.2, 0) is 9.53 Å². The Kier molecular flexibility index (Phi) is 8.85. The van der Waals surface area contributed by atoms with E-state index in [1.54, 1.807) is 11.8 Å². The number of rotatable bonds is 8. The molecule has 4 nitrogen and oxygen atoms in total. The van der Waals surface area contributed by atoms with Gasteiger partial charge in [0, 0.05) is 18.4 Å². The minimum Gasteiger partial charge on any atom is -0.468 e. The highest BCUT2D eigenvalue weighted by atomic mass is 32.2. The molecule has 90 valence electrons. The summed E-state index contributed by atoms with van der Waals surface area (Å²) in [5.74, 6) is 1.33. The number of nitrogens with one attached hydrogen (secondary N) is 1. The molecule has 0 aliphatic heterocycles. The summed E-state index contributed by atoms with van der Waals surface area (Å²) in [6.45, 7) is 4.19. The van der Waals surface area contributed by atoms with Gasteiger partial charge in [0.1, 0.15) is 6.04 Å². The first kappa shape index (κ1) is 14.7. The van der Waals surface area contributed by atoms with Gasteiger partial charge < -0.3 is 15.2 Å². The first-order valence-electron chi connectivity index (χ1n) is 5.14. The Morgan fingerprint density at radius 2 is 2.20 bits per heavy atom. The number of thioether (sulfide) groups is 1. The van der Waals surface area contributed by atoms with Gasteiger partial charge in [-0.15, -0.1) is 0 Å². The summed E-state index contributed by atoms with van der Waals surface area (Å²) in [4.78, 5) is 11.4. The van der Waals surface area contributed by atoms with Crippen molar-refractivity contribution in [2.24, 2.45) is 0 Å². The number of hydrogen-bond donors (Lipinski definition) is 2. The molecule has 5 heteroatoms. The zero-order valence-electron chi connectivity index (χ0n) is 9.66. The lowest BCUT2D eigenvalue weighted by atomic mass is 10.3. The van der Waals surface area contributed by atoms with Crippen molar-refractivity contribution < 1.29 is 14.6 Å². The van der Waals surface area contributed by atoms with Crippen molar-refractivity contribution in [2.45, 2.75) is 32.4 Å². The summed E-state index contributed by atoms with van der Waals surface area (Å²) in [5.41, 5.74) is 0. The molecular weight excluding hydrogens is 214 g/mol. The summed E-state index contributed by atoms with van der Waals surface area (Å²) >= 11 is 1.65. The van der Waals surface area contributed by atoms with E-state index < -0.39 is 0 Å². The molecule has 0 aliphatic carbocycles. The molecule has 0 spiro atoms. The smallest absolute Gasteiger partial charge is 0.323 e. The quantitative estimate of drug-likeness (QED) is 0.478. The molecule has 0 aromatic carbocycles. The van der Waals surface area contributed by atoms with Crippen molar-refractivity contribution in [1.29, 1.82) is 0 Å². The maximum Gasteiger partial charge on any atom is 0.323 e. The number of hydrogen-bond acceptors (Lipinski definition) is 5. The molecule has 0 saturated heterocycles. The standard InChI is InChI=1S/C10H21NO3S/c1-8(2)11-9(10(13)14-3)7-15-6-4-5-12/h8-9,11-12H,4-7H2,1-3H3. The van der Waals surface area contributed by atoms with Gasteiger partial charge in [-0.2, -0.15) is 11.8 Å². The third-order valence-corrected chi connectivity index (χ3v) is 2.90. The van der Waals surface area contributed by atoms with Crippen LogP contribution < -0.4 is 5.32 Å². The molecule has 0 rings (SSSR count). The van der Waals surface area contributed by atoms with Crippen LogP contribution in [0.5, 0.6) is 0 Å². The molecule has 0 bridgehead atoms. The van der Waals surface area contributed by atoms with E-state index in [-0.39, 0.29) is 24.7 Å². The highest BCUT2D eigenvalue weighted by molar-refractivity contribution is 7.99. The number of aliphatic hydroxyl groups excluding tert-OH is 1. The van der Waals surface area contributed by atoms with Crippen LogP contribution in [0.4, 0.5) is 0 Å². The van der Waals surface area contributed by atoms with E-state index in [1.165, 1.54) is 7.11 Å². The Labute approximate surface area is 95.8 Å². The molecule has 0 fully saturated rings. The first-order chi connectivity index (χ1) is 7.11. The molecule has 0 aliphatic rings. The Bertz CT molecular complexity index is 176. The molecule has 15 heavy (non-hydrogen) atoms. The average molecular weight is 235 g/mol. The summed E-state index contributed by atoms with van der Waals surface area (Å²) in [6, 6.07) is 0.00577. The normalized spacial score (nSPS) is 12.9. The van der Waals surface area contributed by atoms with Gasteiger partial charge in [0.2, 0.25) is 0 Å². The maximum atomic E-state index is 11.4. The summed E-state index contributed by atoms with van der Waals surface area (Å²) in [7, 11) is 1.40. The second-order valence-electron chi connectivity index (χ2n) is 3.55. The zero-order valence-corrected chi connectivity index (χ0v) is 10.5. The molecular formula is C10H21NO3S. The minimum absolute atomic E-state index is 0.202. The second-order valence-corrected chi connectivity index (χ2v) is 4.70. The van der Waals surface area contributed by atoms with E-state index in [4.69, 9.17) is 9.84 Å². The third kappa shape index (κ3) is 7.64. The van der Waals surface area contributed by atoms with Crippen LogP contribution in [0.1, 0.15) is 20.3 Å². The van der Waals surface area contributed by atoms with Crippen LogP contribution in [0, 0.1) is 0 Å². The van der Waals surface area contributed by atoms with Gasteiger partial charge in [-0.1, -0.05) is 13.8 Å². The van der Waals surface area contributed by atoms with Crippen molar-refractivity contribution in [2.75, 3.05) is 25.2 Å². The molecule has 1 unspecified atom stereocenters. The fourth-order valence-corrected chi connectivity index (χ4v) is 2.06. The van der Waals surface area contributed by atoms with Crippen molar-refractivity contribution >= 4 is 17.7 Å². The highest BCUT2D eigenvalue weighted by Crippen LogP contribution is 2.06.